The maximum atomic E-state index is 11.4. The first-order chi connectivity index (χ1) is 8.74. The molecule has 1 saturated carbocycles. The van der Waals surface area contributed by atoms with Gasteiger partial charge in [0.15, 0.2) is 0 Å². The second-order valence-corrected chi connectivity index (χ2v) is 4.46. The molecule has 1 aromatic rings. The van der Waals surface area contributed by atoms with Crippen LogP contribution in [0.4, 0.5) is 0 Å². The van der Waals surface area contributed by atoms with E-state index in [4.69, 9.17) is 10.5 Å². The smallest absolute Gasteiger partial charge is 0.338 e. The van der Waals surface area contributed by atoms with Gasteiger partial charge in [-0.15, -0.1) is 0 Å². The number of ether oxygens (including phenoxy) is 2. The number of hydrogen-bond donors (Lipinski definition) is 1. The number of methoxy groups -OCH3 is 1. The lowest BCUT2D eigenvalue weighted by Crippen LogP contribution is -2.28. The van der Waals surface area contributed by atoms with Gasteiger partial charge in [-0.3, -0.25) is 0 Å². The Hall–Kier alpha value is -1.62. The normalized spacial score (nSPS) is 22.8. The first kappa shape index (κ1) is 12.8. The van der Waals surface area contributed by atoms with Crippen LogP contribution in [0.5, 0.6) is 5.88 Å². The van der Waals surface area contributed by atoms with Gasteiger partial charge in [-0.1, -0.05) is 0 Å². The Morgan fingerprint density at radius 3 is 3.11 bits per heavy atom. The second kappa shape index (κ2) is 5.82. The van der Waals surface area contributed by atoms with E-state index in [1.807, 2.05) is 0 Å². The molecule has 2 atom stereocenters. The monoisotopic (exact) mass is 250 g/mol. The van der Waals surface area contributed by atoms with E-state index >= 15 is 0 Å². The molecule has 0 bridgehead atoms. The fourth-order valence-corrected chi connectivity index (χ4v) is 2.30. The molecule has 0 aromatic carbocycles. The molecular formula is C13H18N2O3. The number of pyridine rings is 1. The molecule has 1 aromatic heterocycles. The lowest BCUT2D eigenvalue weighted by molar-refractivity contribution is 0.0599. The van der Waals surface area contributed by atoms with Crippen LogP contribution in [0, 0.1) is 5.92 Å². The number of nitrogens with zero attached hydrogens (tertiary/aromatic N) is 1. The number of carbonyl (C=O) groups excluding carboxylic acids is 1. The van der Waals surface area contributed by atoms with Gasteiger partial charge < -0.3 is 15.2 Å². The Morgan fingerprint density at radius 2 is 2.39 bits per heavy atom. The van der Waals surface area contributed by atoms with E-state index in [1.165, 1.54) is 7.11 Å². The third-order valence-corrected chi connectivity index (χ3v) is 3.32. The van der Waals surface area contributed by atoms with Crippen LogP contribution in [0.1, 0.15) is 29.6 Å². The minimum Gasteiger partial charge on any atom is -0.474 e. The molecule has 0 aliphatic heterocycles. The Balaban J connectivity index is 2.07. The van der Waals surface area contributed by atoms with Gasteiger partial charge in [0.1, 0.15) is 6.10 Å². The summed E-state index contributed by atoms with van der Waals surface area (Å²) in [5, 5.41) is 0. The summed E-state index contributed by atoms with van der Waals surface area (Å²) in [5.74, 6) is 0.459. The van der Waals surface area contributed by atoms with Crippen molar-refractivity contribution in [1.82, 2.24) is 4.98 Å². The highest BCUT2D eigenvalue weighted by atomic mass is 16.5. The minimum atomic E-state index is -0.385. The van der Waals surface area contributed by atoms with Gasteiger partial charge in [-0.05, 0) is 31.9 Å². The topological polar surface area (TPSA) is 74.4 Å². The molecule has 2 unspecified atom stereocenters. The molecule has 98 valence electrons. The van der Waals surface area contributed by atoms with Crippen molar-refractivity contribution in [1.29, 1.82) is 0 Å². The SMILES string of the molecule is COC(=O)c1ccnc(OC2CCCC2CN)c1. The van der Waals surface area contributed by atoms with Gasteiger partial charge in [-0.25, -0.2) is 9.78 Å². The zero-order valence-corrected chi connectivity index (χ0v) is 10.5. The largest absolute Gasteiger partial charge is 0.474 e. The highest BCUT2D eigenvalue weighted by Gasteiger charge is 2.28. The van der Waals surface area contributed by atoms with E-state index in [1.54, 1.807) is 18.3 Å². The van der Waals surface area contributed by atoms with Crippen LogP contribution in [0.3, 0.4) is 0 Å². The molecule has 0 radical (unpaired) electrons. The first-order valence-corrected chi connectivity index (χ1v) is 6.15. The van der Waals surface area contributed by atoms with E-state index < -0.39 is 0 Å². The summed E-state index contributed by atoms with van der Waals surface area (Å²) in [6.45, 7) is 0.626. The molecule has 0 amide bonds. The average Bonchev–Trinajstić information content (AvgIpc) is 2.85. The summed E-state index contributed by atoms with van der Waals surface area (Å²) in [6.07, 6.45) is 4.87. The molecule has 2 rings (SSSR count). The predicted molar refractivity (Wildman–Crippen MR) is 66.4 cm³/mol. The van der Waals surface area contributed by atoms with Gasteiger partial charge in [0.2, 0.25) is 5.88 Å². The summed E-state index contributed by atoms with van der Waals surface area (Å²) in [5.41, 5.74) is 6.15. The van der Waals surface area contributed by atoms with E-state index in [0.29, 0.717) is 23.9 Å². The molecule has 1 fully saturated rings. The standard InChI is InChI=1S/C13H18N2O3/c1-17-13(16)9-5-6-15-12(7-9)18-11-4-2-3-10(11)8-14/h5-7,10-11H,2-4,8,14H2,1H3. The zero-order valence-electron chi connectivity index (χ0n) is 10.5. The number of esters is 1. The fraction of sp³-hybridized carbons (Fsp3) is 0.538. The Kier molecular flexibility index (Phi) is 4.15. The summed E-state index contributed by atoms with van der Waals surface area (Å²) in [6, 6.07) is 3.21. The van der Waals surface area contributed by atoms with Crippen LogP contribution in [0.15, 0.2) is 18.3 Å². The van der Waals surface area contributed by atoms with Gasteiger partial charge in [0, 0.05) is 18.2 Å². The number of carbonyl (C=O) groups is 1. The predicted octanol–water partition coefficient (Wildman–Crippen LogP) is 1.37. The fourth-order valence-electron chi connectivity index (χ4n) is 2.30. The number of hydrogen-bond acceptors (Lipinski definition) is 5. The maximum absolute atomic E-state index is 11.4. The summed E-state index contributed by atoms with van der Waals surface area (Å²) < 4.78 is 10.5. The van der Waals surface area contributed by atoms with Gasteiger partial charge in [0.05, 0.1) is 12.7 Å². The first-order valence-electron chi connectivity index (χ1n) is 6.15. The van der Waals surface area contributed by atoms with Gasteiger partial charge in [-0.2, -0.15) is 0 Å². The quantitative estimate of drug-likeness (QED) is 0.817. The van der Waals surface area contributed by atoms with Gasteiger partial charge in [0.25, 0.3) is 0 Å². The lowest BCUT2D eigenvalue weighted by atomic mass is 10.1. The van der Waals surface area contributed by atoms with Crippen molar-refractivity contribution in [2.45, 2.75) is 25.4 Å². The highest BCUT2D eigenvalue weighted by molar-refractivity contribution is 5.89. The number of rotatable bonds is 4. The average molecular weight is 250 g/mol. The molecule has 2 N–H and O–H groups in total. The third kappa shape index (κ3) is 2.79. The van der Waals surface area contributed by atoms with E-state index in [2.05, 4.69) is 9.72 Å². The van der Waals surface area contributed by atoms with Crippen molar-refractivity contribution in [3.8, 4) is 5.88 Å². The second-order valence-electron chi connectivity index (χ2n) is 4.46. The molecule has 1 aliphatic rings. The molecule has 0 spiro atoms. The molecule has 1 heterocycles. The van der Waals surface area contributed by atoms with Crippen molar-refractivity contribution in [2.24, 2.45) is 11.7 Å². The van der Waals surface area contributed by atoms with Crippen molar-refractivity contribution < 1.29 is 14.3 Å². The minimum absolute atomic E-state index is 0.107. The summed E-state index contributed by atoms with van der Waals surface area (Å²) in [7, 11) is 1.35. The van der Waals surface area contributed by atoms with E-state index in [-0.39, 0.29) is 12.1 Å². The molecule has 1 aliphatic carbocycles. The Labute approximate surface area is 106 Å². The number of aromatic nitrogens is 1. The highest BCUT2D eigenvalue weighted by Crippen LogP contribution is 2.28. The zero-order chi connectivity index (χ0) is 13.0. The van der Waals surface area contributed by atoms with Crippen molar-refractivity contribution in [2.75, 3.05) is 13.7 Å². The summed E-state index contributed by atoms with van der Waals surface area (Å²) in [4.78, 5) is 15.5. The van der Waals surface area contributed by atoms with Crippen LogP contribution in [0.2, 0.25) is 0 Å². The van der Waals surface area contributed by atoms with Crippen LogP contribution >= 0.6 is 0 Å². The van der Waals surface area contributed by atoms with E-state index in [9.17, 15) is 4.79 Å². The van der Waals surface area contributed by atoms with Crippen LogP contribution in [0.25, 0.3) is 0 Å². The molecule has 18 heavy (non-hydrogen) atoms. The van der Waals surface area contributed by atoms with E-state index in [0.717, 1.165) is 19.3 Å². The maximum Gasteiger partial charge on any atom is 0.338 e. The number of nitrogens with two attached hydrogens (primary N) is 1. The van der Waals surface area contributed by atoms with Crippen LogP contribution < -0.4 is 10.5 Å². The van der Waals surface area contributed by atoms with Crippen molar-refractivity contribution >= 4 is 5.97 Å². The molecular weight excluding hydrogens is 232 g/mol. The van der Waals surface area contributed by atoms with Crippen molar-refractivity contribution in [3.05, 3.63) is 23.9 Å². The van der Waals surface area contributed by atoms with Gasteiger partial charge >= 0.3 is 5.97 Å². The molecule has 0 saturated heterocycles. The molecule has 5 nitrogen and oxygen atoms in total. The summed E-state index contributed by atoms with van der Waals surface area (Å²) >= 11 is 0. The Bertz CT molecular complexity index is 422. The third-order valence-electron chi connectivity index (χ3n) is 3.32. The molecule has 5 heteroatoms. The van der Waals surface area contributed by atoms with Crippen LogP contribution in [-0.2, 0) is 4.74 Å². The lowest BCUT2D eigenvalue weighted by Gasteiger charge is -2.19. The van der Waals surface area contributed by atoms with Crippen molar-refractivity contribution in [3.63, 3.8) is 0 Å². The van der Waals surface area contributed by atoms with Crippen LogP contribution in [-0.4, -0.2) is 30.7 Å². The Morgan fingerprint density at radius 1 is 1.56 bits per heavy atom.